The number of nitrogens with zero attached hydrogens (tertiary/aromatic N) is 2. The van der Waals surface area contributed by atoms with E-state index in [4.69, 9.17) is 4.74 Å². The second kappa shape index (κ2) is 3.11. The Kier molecular flexibility index (Phi) is 1.97. The quantitative estimate of drug-likeness (QED) is 0.517. The van der Waals surface area contributed by atoms with Crippen LogP contribution in [-0.4, -0.2) is 37.2 Å². The smallest absolute Gasteiger partial charge is 0.287 e. The molecule has 2 heterocycles. The molecule has 1 saturated heterocycles. The molecule has 3 heteroatoms. The van der Waals surface area contributed by atoms with Gasteiger partial charge in [0.25, 0.3) is 6.02 Å². The first-order chi connectivity index (χ1) is 5.47. The lowest BCUT2D eigenvalue weighted by Crippen LogP contribution is -2.32. The Morgan fingerprint density at radius 3 is 2.64 bits per heavy atom. The number of rotatable bonds is 0. The van der Waals surface area contributed by atoms with Crippen molar-refractivity contribution in [2.75, 3.05) is 26.2 Å². The first-order valence-electron chi connectivity index (χ1n) is 4.39. The van der Waals surface area contributed by atoms with E-state index in [-0.39, 0.29) is 0 Å². The van der Waals surface area contributed by atoms with Crippen LogP contribution in [0.3, 0.4) is 0 Å². The highest BCUT2D eigenvalue weighted by atomic mass is 16.5. The molecule has 0 N–H and O–H groups in total. The molecule has 0 aromatic rings. The molecule has 0 atom stereocenters. The Morgan fingerprint density at radius 1 is 1.18 bits per heavy atom. The summed E-state index contributed by atoms with van der Waals surface area (Å²) >= 11 is 0. The van der Waals surface area contributed by atoms with Gasteiger partial charge < -0.3 is 9.64 Å². The molecule has 0 unspecified atom stereocenters. The molecule has 2 aliphatic rings. The molecule has 2 rings (SSSR count). The van der Waals surface area contributed by atoms with Crippen LogP contribution >= 0.6 is 0 Å². The van der Waals surface area contributed by atoms with E-state index in [1.807, 2.05) is 0 Å². The molecular weight excluding hydrogens is 140 g/mol. The maximum absolute atomic E-state index is 5.44. The van der Waals surface area contributed by atoms with Crippen molar-refractivity contribution in [2.24, 2.45) is 4.99 Å². The van der Waals surface area contributed by atoms with Crippen molar-refractivity contribution in [3.8, 4) is 0 Å². The first-order valence-corrected chi connectivity index (χ1v) is 4.39. The summed E-state index contributed by atoms with van der Waals surface area (Å²) in [6, 6.07) is 0.897. The van der Waals surface area contributed by atoms with Gasteiger partial charge >= 0.3 is 0 Å². The molecule has 0 saturated carbocycles. The second-order valence-electron chi connectivity index (χ2n) is 3.06. The third kappa shape index (κ3) is 1.47. The van der Waals surface area contributed by atoms with Gasteiger partial charge in [-0.05, 0) is 12.8 Å². The topological polar surface area (TPSA) is 24.8 Å². The van der Waals surface area contributed by atoms with Crippen LogP contribution in [-0.2, 0) is 4.74 Å². The molecule has 0 amide bonds. The summed E-state index contributed by atoms with van der Waals surface area (Å²) in [6.07, 6.45) is 3.67. The first kappa shape index (κ1) is 6.95. The molecule has 0 radical (unpaired) electrons. The van der Waals surface area contributed by atoms with Gasteiger partial charge in [0.2, 0.25) is 0 Å². The zero-order chi connectivity index (χ0) is 7.52. The molecule has 2 aliphatic heterocycles. The summed E-state index contributed by atoms with van der Waals surface area (Å²) in [5, 5.41) is 0. The van der Waals surface area contributed by atoms with Gasteiger partial charge in [0, 0.05) is 26.1 Å². The third-order valence-electron chi connectivity index (χ3n) is 2.16. The molecule has 0 spiro atoms. The Balaban J connectivity index is 1.96. The van der Waals surface area contributed by atoms with Gasteiger partial charge in [0.1, 0.15) is 0 Å². The van der Waals surface area contributed by atoms with Crippen LogP contribution in [0.4, 0.5) is 0 Å². The minimum absolute atomic E-state index is 0.856. The van der Waals surface area contributed by atoms with E-state index in [0.717, 1.165) is 38.7 Å². The molecule has 11 heavy (non-hydrogen) atoms. The van der Waals surface area contributed by atoms with Crippen LogP contribution in [0.1, 0.15) is 19.3 Å². The van der Waals surface area contributed by atoms with E-state index < -0.39 is 0 Å². The van der Waals surface area contributed by atoms with Crippen LogP contribution in [0, 0.1) is 0 Å². The van der Waals surface area contributed by atoms with Crippen molar-refractivity contribution in [3.05, 3.63) is 0 Å². The number of hydrogen-bond donors (Lipinski definition) is 0. The van der Waals surface area contributed by atoms with Crippen molar-refractivity contribution < 1.29 is 4.74 Å². The summed E-state index contributed by atoms with van der Waals surface area (Å²) in [6.45, 7) is 4.08. The minimum Gasteiger partial charge on any atom is -0.465 e. The van der Waals surface area contributed by atoms with Crippen LogP contribution in [0.2, 0.25) is 0 Å². The van der Waals surface area contributed by atoms with E-state index in [9.17, 15) is 0 Å². The fourth-order valence-electron chi connectivity index (χ4n) is 1.55. The molecule has 62 valence electrons. The fraction of sp³-hybridized carbons (Fsp3) is 0.875. The Labute approximate surface area is 67.1 Å². The SMILES string of the molecule is C1CN=C(N2CCCC2)OC1. The van der Waals surface area contributed by atoms with Crippen molar-refractivity contribution >= 4 is 6.02 Å². The van der Waals surface area contributed by atoms with Crippen molar-refractivity contribution in [2.45, 2.75) is 19.3 Å². The predicted molar refractivity (Wildman–Crippen MR) is 43.7 cm³/mol. The molecule has 0 aliphatic carbocycles. The zero-order valence-electron chi connectivity index (χ0n) is 6.75. The summed E-state index contributed by atoms with van der Waals surface area (Å²) in [7, 11) is 0. The number of ether oxygens (including phenoxy) is 1. The van der Waals surface area contributed by atoms with Gasteiger partial charge in [0.05, 0.1) is 6.61 Å². The molecule has 0 aromatic heterocycles. The molecule has 0 aromatic carbocycles. The van der Waals surface area contributed by atoms with E-state index in [2.05, 4.69) is 9.89 Å². The van der Waals surface area contributed by atoms with Gasteiger partial charge in [-0.15, -0.1) is 0 Å². The van der Waals surface area contributed by atoms with E-state index in [0.29, 0.717) is 0 Å². The maximum atomic E-state index is 5.44. The molecule has 3 nitrogen and oxygen atoms in total. The Hall–Kier alpha value is -0.730. The second-order valence-corrected chi connectivity index (χ2v) is 3.06. The average Bonchev–Trinajstić information content (AvgIpc) is 2.58. The monoisotopic (exact) mass is 154 g/mol. The number of hydrogen-bond acceptors (Lipinski definition) is 3. The molecule has 1 fully saturated rings. The number of amidine groups is 1. The van der Waals surface area contributed by atoms with Gasteiger partial charge in [-0.2, -0.15) is 0 Å². The summed E-state index contributed by atoms with van der Waals surface area (Å²) in [5.41, 5.74) is 0. The third-order valence-corrected chi connectivity index (χ3v) is 2.16. The molecule has 0 bridgehead atoms. The summed E-state index contributed by atoms with van der Waals surface area (Å²) in [4.78, 5) is 6.58. The number of aliphatic imine (C=N–C) groups is 1. The Bertz CT molecular complexity index is 161. The fourth-order valence-corrected chi connectivity index (χ4v) is 1.55. The maximum Gasteiger partial charge on any atom is 0.287 e. The molecular formula is C8H14N2O. The number of likely N-dealkylation sites (tertiary alicyclic amines) is 1. The lowest BCUT2D eigenvalue weighted by molar-refractivity contribution is 0.226. The summed E-state index contributed by atoms with van der Waals surface area (Å²) in [5.74, 6) is 0. The normalized spacial score (nSPS) is 24.7. The van der Waals surface area contributed by atoms with Gasteiger partial charge in [-0.1, -0.05) is 0 Å². The highest BCUT2D eigenvalue weighted by molar-refractivity contribution is 5.74. The standard InChI is InChI=1S/C8H14N2O/c1-2-6-10(5-1)8-9-4-3-7-11-8/h1-7H2. The minimum atomic E-state index is 0.856. The predicted octanol–water partition coefficient (Wildman–Crippen LogP) is 0.859. The zero-order valence-corrected chi connectivity index (χ0v) is 6.75. The van der Waals surface area contributed by atoms with E-state index >= 15 is 0 Å². The van der Waals surface area contributed by atoms with Crippen molar-refractivity contribution in [1.82, 2.24) is 4.90 Å². The Morgan fingerprint density at radius 2 is 2.00 bits per heavy atom. The van der Waals surface area contributed by atoms with Crippen LogP contribution in [0.25, 0.3) is 0 Å². The van der Waals surface area contributed by atoms with Crippen molar-refractivity contribution in [3.63, 3.8) is 0 Å². The lowest BCUT2D eigenvalue weighted by Gasteiger charge is -2.22. The highest BCUT2D eigenvalue weighted by Crippen LogP contribution is 2.11. The van der Waals surface area contributed by atoms with Gasteiger partial charge in [0.15, 0.2) is 0 Å². The van der Waals surface area contributed by atoms with Crippen LogP contribution in [0.15, 0.2) is 4.99 Å². The van der Waals surface area contributed by atoms with E-state index in [1.165, 1.54) is 12.8 Å². The highest BCUT2D eigenvalue weighted by Gasteiger charge is 2.18. The largest absolute Gasteiger partial charge is 0.465 e. The van der Waals surface area contributed by atoms with Crippen molar-refractivity contribution in [1.29, 1.82) is 0 Å². The lowest BCUT2D eigenvalue weighted by atomic mass is 10.4. The van der Waals surface area contributed by atoms with Gasteiger partial charge in [-0.3, -0.25) is 0 Å². The van der Waals surface area contributed by atoms with Gasteiger partial charge in [-0.25, -0.2) is 4.99 Å². The van der Waals surface area contributed by atoms with Crippen LogP contribution < -0.4 is 0 Å². The van der Waals surface area contributed by atoms with Crippen LogP contribution in [0.5, 0.6) is 0 Å². The summed E-state index contributed by atoms with van der Waals surface area (Å²) < 4.78 is 5.44. The van der Waals surface area contributed by atoms with E-state index in [1.54, 1.807) is 0 Å². The average molecular weight is 154 g/mol.